The van der Waals surface area contributed by atoms with Crippen molar-refractivity contribution in [3.05, 3.63) is 22.5 Å². The summed E-state index contributed by atoms with van der Waals surface area (Å²) < 4.78 is 0. The summed E-state index contributed by atoms with van der Waals surface area (Å²) >= 11 is 5.77. The minimum atomic E-state index is 0.273. The van der Waals surface area contributed by atoms with Crippen LogP contribution < -0.4 is 10.6 Å². The van der Waals surface area contributed by atoms with Gasteiger partial charge in [-0.15, -0.1) is 0 Å². The Morgan fingerprint density at radius 3 is 2.94 bits per heavy atom. The first-order valence-corrected chi connectivity index (χ1v) is 5.52. The van der Waals surface area contributed by atoms with Gasteiger partial charge in [0.15, 0.2) is 0 Å². The lowest BCUT2D eigenvalue weighted by molar-refractivity contribution is -0.104. The van der Waals surface area contributed by atoms with E-state index < -0.39 is 0 Å². The molecular formula is C11H16ClN3O. The van der Waals surface area contributed by atoms with E-state index in [2.05, 4.69) is 22.3 Å². The fourth-order valence-corrected chi connectivity index (χ4v) is 1.60. The number of aliphatic imine (C=N–C) groups is 1. The van der Waals surface area contributed by atoms with E-state index in [4.69, 9.17) is 11.6 Å². The molecule has 1 aliphatic heterocycles. The smallest absolute Gasteiger partial charge is 0.147 e. The van der Waals surface area contributed by atoms with Crippen LogP contribution in [0.1, 0.15) is 13.3 Å². The number of carbonyl (C=O) groups is 1. The normalized spacial score (nSPS) is 22.6. The highest BCUT2D eigenvalue weighted by molar-refractivity contribution is 6.29. The number of hydrogen-bond acceptors (Lipinski definition) is 4. The molecule has 88 valence electrons. The first kappa shape index (κ1) is 12.9. The van der Waals surface area contributed by atoms with Crippen LogP contribution >= 0.6 is 11.6 Å². The summed E-state index contributed by atoms with van der Waals surface area (Å²) in [6.07, 6.45) is 3.45. The van der Waals surface area contributed by atoms with Crippen LogP contribution in [-0.2, 0) is 4.79 Å². The van der Waals surface area contributed by atoms with Crippen molar-refractivity contribution in [2.24, 2.45) is 4.99 Å². The van der Waals surface area contributed by atoms with Crippen LogP contribution in [0.25, 0.3) is 0 Å². The molecule has 4 nitrogen and oxygen atoms in total. The monoisotopic (exact) mass is 241 g/mol. The fourth-order valence-electron chi connectivity index (χ4n) is 1.50. The van der Waals surface area contributed by atoms with Gasteiger partial charge in [-0.05, 0) is 32.7 Å². The number of hydrogen-bond donors (Lipinski definition) is 2. The van der Waals surface area contributed by atoms with Crippen molar-refractivity contribution in [1.29, 1.82) is 0 Å². The van der Waals surface area contributed by atoms with E-state index in [0.29, 0.717) is 17.3 Å². The van der Waals surface area contributed by atoms with E-state index in [0.717, 1.165) is 25.8 Å². The molecule has 0 bridgehead atoms. The zero-order chi connectivity index (χ0) is 12.0. The molecule has 0 aromatic heterocycles. The molecule has 0 spiro atoms. The van der Waals surface area contributed by atoms with Gasteiger partial charge in [-0.1, -0.05) is 11.6 Å². The summed E-state index contributed by atoms with van der Waals surface area (Å²) in [5.41, 5.74) is 1.31. The Balaban J connectivity index is 2.79. The molecule has 0 unspecified atom stereocenters. The molecule has 1 aliphatic rings. The van der Waals surface area contributed by atoms with E-state index in [-0.39, 0.29) is 5.16 Å². The average Bonchev–Trinajstić information content (AvgIpc) is 2.79. The standard InChI is InChI=1S/C11H16ClN3O/c1-8(7-16)10(5-11(12)13-2)15-9-3-4-14-6-9/h5,7,9,14-15H,2-4,6H2,1H3/b10-8-,11-5-/t9-/m1/s1. The van der Waals surface area contributed by atoms with Gasteiger partial charge in [0.25, 0.3) is 0 Å². The summed E-state index contributed by atoms with van der Waals surface area (Å²) in [5, 5.41) is 6.78. The minimum Gasteiger partial charge on any atom is -0.381 e. The van der Waals surface area contributed by atoms with Gasteiger partial charge < -0.3 is 10.6 Å². The topological polar surface area (TPSA) is 53.5 Å². The second-order valence-corrected chi connectivity index (χ2v) is 4.06. The van der Waals surface area contributed by atoms with Gasteiger partial charge in [0, 0.05) is 23.9 Å². The first-order valence-electron chi connectivity index (χ1n) is 5.14. The highest BCUT2D eigenvalue weighted by Gasteiger charge is 2.15. The molecular weight excluding hydrogens is 226 g/mol. The molecule has 16 heavy (non-hydrogen) atoms. The number of nitrogens with zero attached hydrogens (tertiary/aromatic N) is 1. The minimum absolute atomic E-state index is 0.273. The summed E-state index contributed by atoms with van der Waals surface area (Å²) in [6.45, 7) is 6.95. The van der Waals surface area contributed by atoms with Gasteiger partial charge in [0.05, 0.1) is 0 Å². The largest absolute Gasteiger partial charge is 0.381 e. The lowest BCUT2D eigenvalue weighted by Crippen LogP contribution is -2.30. The second-order valence-electron chi connectivity index (χ2n) is 3.67. The zero-order valence-electron chi connectivity index (χ0n) is 9.29. The molecule has 2 N–H and O–H groups in total. The molecule has 0 aliphatic carbocycles. The van der Waals surface area contributed by atoms with Gasteiger partial charge in [-0.2, -0.15) is 0 Å². The molecule has 5 heteroatoms. The van der Waals surface area contributed by atoms with Crippen LogP contribution in [0.4, 0.5) is 0 Å². The first-order chi connectivity index (χ1) is 7.67. The average molecular weight is 242 g/mol. The van der Waals surface area contributed by atoms with Gasteiger partial charge in [0.1, 0.15) is 11.4 Å². The van der Waals surface area contributed by atoms with Crippen molar-refractivity contribution in [1.82, 2.24) is 10.6 Å². The highest BCUT2D eigenvalue weighted by atomic mass is 35.5. The third kappa shape index (κ3) is 3.79. The van der Waals surface area contributed by atoms with Crippen molar-refractivity contribution < 1.29 is 4.79 Å². The summed E-state index contributed by atoms with van der Waals surface area (Å²) in [7, 11) is 0. The molecule has 0 aromatic rings. The van der Waals surface area contributed by atoms with Crippen molar-refractivity contribution >= 4 is 24.6 Å². The summed E-state index contributed by atoms with van der Waals surface area (Å²) in [4.78, 5) is 14.3. The predicted molar refractivity (Wildman–Crippen MR) is 66.7 cm³/mol. The molecule has 1 saturated heterocycles. The van der Waals surface area contributed by atoms with Crippen molar-refractivity contribution in [2.45, 2.75) is 19.4 Å². The summed E-state index contributed by atoms with van der Waals surface area (Å²) in [5.74, 6) is 0. The Hall–Kier alpha value is -1.13. The van der Waals surface area contributed by atoms with E-state index in [1.54, 1.807) is 13.0 Å². The third-order valence-corrected chi connectivity index (χ3v) is 2.66. The SMILES string of the molecule is C=N/C(Cl)=C\C(N[C@@H]1CCNC1)=C(/C)C=O. The van der Waals surface area contributed by atoms with E-state index in [1.807, 2.05) is 0 Å². The van der Waals surface area contributed by atoms with Crippen LogP contribution in [0.2, 0.25) is 0 Å². The van der Waals surface area contributed by atoms with Crippen LogP contribution in [0.15, 0.2) is 27.5 Å². The summed E-state index contributed by atoms with van der Waals surface area (Å²) in [6, 6.07) is 0.329. The Labute approximate surface area is 100 Å². The Bertz CT molecular complexity index is 330. The molecule has 0 saturated carbocycles. The number of carbonyl (C=O) groups excluding carboxylic acids is 1. The number of aldehydes is 1. The maximum absolute atomic E-state index is 10.8. The van der Waals surface area contributed by atoms with Gasteiger partial charge in [-0.25, -0.2) is 0 Å². The Morgan fingerprint density at radius 1 is 1.69 bits per heavy atom. The van der Waals surface area contributed by atoms with E-state index in [9.17, 15) is 4.79 Å². The van der Waals surface area contributed by atoms with Crippen LogP contribution in [0.5, 0.6) is 0 Å². The number of nitrogens with one attached hydrogen (secondary N) is 2. The quantitative estimate of drug-likeness (QED) is 0.250. The maximum atomic E-state index is 10.8. The van der Waals surface area contributed by atoms with Gasteiger partial charge >= 0.3 is 0 Å². The lowest BCUT2D eigenvalue weighted by Gasteiger charge is -2.15. The zero-order valence-corrected chi connectivity index (χ0v) is 10.0. The second kappa shape index (κ2) is 6.45. The Kier molecular flexibility index (Phi) is 5.22. The Morgan fingerprint density at radius 2 is 2.44 bits per heavy atom. The number of halogens is 1. The molecule has 0 radical (unpaired) electrons. The van der Waals surface area contributed by atoms with Gasteiger partial charge in [0.2, 0.25) is 0 Å². The number of rotatable bonds is 5. The molecule has 1 rings (SSSR count). The van der Waals surface area contributed by atoms with Crippen LogP contribution in [-0.4, -0.2) is 32.1 Å². The van der Waals surface area contributed by atoms with E-state index in [1.165, 1.54) is 0 Å². The third-order valence-electron chi connectivity index (χ3n) is 2.44. The molecule has 0 aromatic carbocycles. The maximum Gasteiger partial charge on any atom is 0.147 e. The van der Waals surface area contributed by atoms with Crippen molar-refractivity contribution in [3.8, 4) is 0 Å². The number of allylic oxidation sites excluding steroid dienone is 2. The fraction of sp³-hybridized carbons (Fsp3) is 0.455. The van der Waals surface area contributed by atoms with Crippen molar-refractivity contribution in [2.75, 3.05) is 13.1 Å². The van der Waals surface area contributed by atoms with E-state index >= 15 is 0 Å². The van der Waals surface area contributed by atoms with Crippen molar-refractivity contribution in [3.63, 3.8) is 0 Å². The molecule has 1 heterocycles. The lowest BCUT2D eigenvalue weighted by atomic mass is 10.2. The molecule has 1 atom stereocenters. The van der Waals surface area contributed by atoms with Crippen LogP contribution in [0, 0.1) is 0 Å². The van der Waals surface area contributed by atoms with Gasteiger partial charge in [-0.3, -0.25) is 9.79 Å². The highest BCUT2D eigenvalue weighted by Crippen LogP contribution is 2.11. The van der Waals surface area contributed by atoms with Crippen LogP contribution in [0.3, 0.4) is 0 Å². The predicted octanol–water partition coefficient (Wildman–Crippen LogP) is 1.19. The molecule has 1 fully saturated rings. The molecule has 0 amide bonds.